The molecule has 0 bridgehead atoms. The lowest BCUT2D eigenvalue weighted by molar-refractivity contribution is 0.297. The Balaban J connectivity index is 1.54. The van der Waals surface area contributed by atoms with Gasteiger partial charge in [0, 0.05) is 5.92 Å². The van der Waals surface area contributed by atoms with Crippen LogP contribution in [0, 0.1) is 13.8 Å². The second kappa shape index (κ2) is 5.76. The van der Waals surface area contributed by atoms with Crippen molar-refractivity contribution in [1.82, 2.24) is 10.2 Å². The van der Waals surface area contributed by atoms with E-state index in [9.17, 15) is 0 Å². The van der Waals surface area contributed by atoms with Gasteiger partial charge in [-0.1, -0.05) is 23.3 Å². The van der Waals surface area contributed by atoms with Gasteiger partial charge < -0.3 is 14.5 Å². The van der Waals surface area contributed by atoms with E-state index in [1.165, 1.54) is 0 Å². The molecule has 0 radical (unpaired) electrons. The first-order chi connectivity index (χ1) is 10.1. The highest BCUT2D eigenvalue weighted by atomic mass is 16.5. The Kier molecular flexibility index (Phi) is 3.82. The molecule has 2 aromatic rings. The minimum atomic E-state index is 0.0940. The minimum absolute atomic E-state index is 0.0940. The molecule has 0 aliphatic heterocycles. The fourth-order valence-electron chi connectivity index (χ4n) is 2.28. The van der Waals surface area contributed by atoms with E-state index >= 15 is 0 Å². The molecule has 0 amide bonds. The van der Waals surface area contributed by atoms with E-state index in [-0.39, 0.29) is 6.04 Å². The van der Waals surface area contributed by atoms with Crippen molar-refractivity contribution in [2.45, 2.75) is 45.6 Å². The van der Waals surface area contributed by atoms with E-state index in [1.807, 2.05) is 13.0 Å². The summed E-state index contributed by atoms with van der Waals surface area (Å²) >= 11 is 0. The zero-order valence-electron chi connectivity index (χ0n) is 12.7. The Hall–Kier alpha value is -2.04. The maximum absolute atomic E-state index is 5.92. The smallest absolute Gasteiger partial charge is 0.315 e. The molecule has 5 heteroatoms. The first kappa shape index (κ1) is 13.9. The molecule has 1 atom stereocenters. The van der Waals surface area contributed by atoms with E-state index in [1.54, 1.807) is 0 Å². The number of anilines is 1. The number of nitrogens with zero attached hydrogens (tertiary/aromatic N) is 2. The molecule has 1 aromatic heterocycles. The predicted molar refractivity (Wildman–Crippen MR) is 80.8 cm³/mol. The number of benzene rings is 1. The van der Waals surface area contributed by atoms with Crippen LogP contribution in [0.3, 0.4) is 0 Å². The zero-order valence-corrected chi connectivity index (χ0v) is 12.7. The topological polar surface area (TPSA) is 60.2 Å². The Labute approximate surface area is 124 Å². The van der Waals surface area contributed by atoms with Crippen LogP contribution >= 0.6 is 0 Å². The van der Waals surface area contributed by atoms with Gasteiger partial charge in [-0.25, -0.2) is 0 Å². The third-order valence-corrected chi connectivity index (χ3v) is 3.62. The molecule has 1 aliphatic carbocycles. The molecule has 1 aliphatic rings. The van der Waals surface area contributed by atoms with E-state index in [0.717, 1.165) is 35.6 Å². The van der Waals surface area contributed by atoms with Crippen LogP contribution in [0.5, 0.6) is 5.75 Å². The summed E-state index contributed by atoms with van der Waals surface area (Å²) in [5, 5.41) is 11.3. The lowest BCUT2D eigenvalue weighted by Gasteiger charge is -2.16. The summed E-state index contributed by atoms with van der Waals surface area (Å²) in [4.78, 5) is 0. The van der Waals surface area contributed by atoms with Gasteiger partial charge in [-0.3, -0.25) is 0 Å². The molecule has 112 valence electrons. The van der Waals surface area contributed by atoms with Gasteiger partial charge in [0.1, 0.15) is 12.4 Å². The minimum Gasteiger partial charge on any atom is -0.491 e. The highest BCUT2D eigenvalue weighted by Gasteiger charge is 2.29. The molecule has 0 spiro atoms. The fraction of sp³-hybridized carbons (Fsp3) is 0.500. The van der Waals surface area contributed by atoms with E-state index in [2.05, 4.69) is 41.5 Å². The molecular weight excluding hydrogens is 266 g/mol. The predicted octanol–water partition coefficient (Wildman–Crippen LogP) is 3.44. The number of aryl methyl sites for hydroxylation is 2. The lowest BCUT2D eigenvalue weighted by atomic mass is 10.1. The molecule has 1 aromatic carbocycles. The normalized spacial score (nSPS) is 15.8. The lowest BCUT2D eigenvalue weighted by Crippen LogP contribution is -2.24. The summed E-state index contributed by atoms with van der Waals surface area (Å²) in [5.74, 6) is 2.19. The number of hydrogen-bond acceptors (Lipinski definition) is 5. The average Bonchev–Trinajstić information content (AvgIpc) is 3.19. The van der Waals surface area contributed by atoms with Crippen LogP contribution < -0.4 is 10.1 Å². The maximum atomic E-state index is 5.92. The summed E-state index contributed by atoms with van der Waals surface area (Å²) in [6.07, 6.45) is 2.32. The maximum Gasteiger partial charge on any atom is 0.315 e. The van der Waals surface area contributed by atoms with Crippen molar-refractivity contribution >= 4 is 6.01 Å². The van der Waals surface area contributed by atoms with E-state index in [0.29, 0.717) is 18.5 Å². The number of nitrogens with one attached hydrogen (secondary N) is 1. The Bertz CT molecular complexity index is 599. The van der Waals surface area contributed by atoms with Crippen LogP contribution in [0.4, 0.5) is 6.01 Å². The monoisotopic (exact) mass is 287 g/mol. The van der Waals surface area contributed by atoms with Crippen molar-refractivity contribution < 1.29 is 9.15 Å². The van der Waals surface area contributed by atoms with Crippen LogP contribution in [-0.2, 0) is 0 Å². The molecule has 3 rings (SSSR count). The van der Waals surface area contributed by atoms with Gasteiger partial charge in [0.15, 0.2) is 0 Å². The number of rotatable bonds is 6. The van der Waals surface area contributed by atoms with Gasteiger partial charge >= 0.3 is 6.01 Å². The van der Waals surface area contributed by atoms with Crippen molar-refractivity contribution in [1.29, 1.82) is 0 Å². The number of ether oxygens (including phenoxy) is 1. The van der Waals surface area contributed by atoms with Crippen LogP contribution in [0.15, 0.2) is 22.6 Å². The van der Waals surface area contributed by atoms with Gasteiger partial charge in [0.05, 0.1) is 6.04 Å². The summed E-state index contributed by atoms with van der Waals surface area (Å²) in [6.45, 7) is 6.70. The van der Waals surface area contributed by atoms with Crippen LogP contribution in [0.25, 0.3) is 0 Å². The third kappa shape index (κ3) is 3.35. The molecule has 0 saturated heterocycles. The highest BCUT2D eigenvalue weighted by molar-refractivity contribution is 5.39. The van der Waals surface area contributed by atoms with Gasteiger partial charge in [-0.2, -0.15) is 0 Å². The average molecular weight is 287 g/mol. The van der Waals surface area contributed by atoms with Gasteiger partial charge in [0.2, 0.25) is 5.89 Å². The summed E-state index contributed by atoms with van der Waals surface area (Å²) < 4.78 is 11.5. The Morgan fingerprint density at radius 1 is 1.29 bits per heavy atom. The standard InChI is InChI=1S/C16H21N3O2/c1-10-5-4-6-11(2)14(10)20-9-12(3)17-16-19-18-15(21-16)13-7-8-13/h4-6,12-13H,7-9H2,1-3H3,(H,17,19)/t12-/m1/s1. The summed E-state index contributed by atoms with van der Waals surface area (Å²) in [6, 6.07) is 6.73. The largest absolute Gasteiger partial charge is 0.491 e. The van der Waals surface area contributed by atoms with Gasteiger partial charge in [-0.05, 0) is 44.7 Å². The van der Waals surface area contributed by atoms with Crippen molar-refractivity contribution in [2.75, 3.05) is 11.9 Å². The second-order valence-corrected chi connectivity index (χ2v) is 5.80. The summed E-state index contributed by atoms with van der Waals surface area (Å²) in [7, 11) is 0. The Morgan fingerprint density at radius 2 is 2.00 bits per heavy atom. The number of para-hydroxylation sites is 1. The number of hydrogen-bond donors (Lipinski definition) is 1. The van der Waals surface area contributed by atoms with Crippen molar-refractivity contribution in [3.05, 3.63) is 35.2 Å². The molecule has 1 N–H and O–H groups in total. The summed E-state index contributed by atoms with van der Waals surface area (Å²) in [5.41, 5.74) is 2.30. The number of aromatic nitrogens is 2. The zero-order chi connectivity index (χ0) is 14.8. The molecule has 1 saturated carbocycles. The van der Waals surface area contributed by atoms with Crippen molar-refractivity contribution in [2.24, 2.45) is 0 Å². The first-order valence-electron chi connectivity index (χ1n) is 7.42. The first-order valence-corrected chi connectivity index (χ1v) is 7.42. The van der Waals surface area contributed by atoms with Gasteiger partial charge in [-0.15, -0.1) is 5.10 Å². The van der Waals surface area contributed by atoms with Crippen molar-refractivity contribution in [3.8, 4) is 5.75 Å². The van der Waals surface area contributed by atoms with E-state index in [4.69, 9.17) is 9.15 Å². The Morgan fingerprint density at radius 3 is 2.67 bits per heavy atom. The highest BCUT2D eigenvalue weighted by Crippen LogP contribution is 2.39. The van der Waals surface area contributed by atoms with Crippen LogP contribution in [0.1, 0.15) is 42.7 Å². The molecular formula is C16H21N3O2. The molecule has 1 heterocycles. The third-order valence-electron chi connectivity index (χ3n) is 3.62. The van der Waals surface area contributed by atoms with Crippen molar-refractivity contribution in [3.63, 3.8) is 0 Å². The quantitative estimate of drug-likeness (QED) is 0.881. The second-order valence-electron chi connectivity index (χ2n) is 5.80. The molecule has 0 unspecified atom stereocenters. The van der Waals surface area contributed by atoms with E-state index < -0.39 is 0 Å². The molecule has 21 heavy (non-hydrogen) atoms. The van der Waals surface area contributed by atoms with Gasteiger partial charge in [0.25, 0.3) is 0 Å². The van der Waals surface area contributed by atoms with Crippen LogP contribution in [-0.4, -0.2) is 22.8 Å². The van der Waals surface area contributed by atoms with Crippen LogP contribution in [0.2, 0.25) is 0 Å². The fourth-order valence-corrected chi connectivity index (χ4v) is 2.28. The molecule has 1 fully saturated rings. The SMILES string of the molecule is Cc1cccc(C)c1OC[C@@H](C)Nc1nnc(C2CC2)o1. The molecule has 5 nitrogen and oxygen atoms in total.